The number of carbonyl (C=O) groups is 2. The minimum atomic E-state index is -0.771. The second-order valence-electron chi connectivity index (χ2n) is 7.21. The summed E-state index contributed by atoms with van der Waals surface area (Å²) < 4.78 is 18.3. The van der Waals surface area contributed by atoms with Gasteiger partial charge in [-0.2, -0.15) is 0 Å². The summed E-state index contributed by atoms with van der Waals surface area (Å²) in [5, 5.41) is 5.38. The van der Waals surface area contributed by atoms with E-state index in [0.717, 1.165) is 0 Å². The third-order valence-electron chi connectivity index (χ3n) is 2.92. The van der Waals surface area contributed by atoms with Crippen molar-refractivity contribution in [2.24, 2.45) is 0 Å². The van der Waals surface area contributed by atoms with E-state index >= 15 is 0 Å². The molecule has 0 radical (unpaired) electrons. The molecule has 0 spiro atoms. The molecule has 0 bridgehead atoms. The van der Waals surface area contributed by atoms with Crippen LogP contribution in [-0.2, 0) is 16.1 Å². The fourth-order valence-electron chi connectivity index (χ4n) is 1.94. The van der Waals surface area contributed by atoms with E-state index in [2.05, 4.69) is 10.6 Å². The summed E-state index contributed by atoms with van der Waals surface area (Å²) in [6.07, 6.45) is -0.508. The average Bonchev–Trinajstić information content (AvgIpc) is 2.36. The number of alkyl carbamates (subject to hydrolysis) is 1. The Labute approximate surface area is 146 Å². The van der Waals surface area contributed by atoms with Gasteiger partial charge in [-0.25, -0.2) is 9.18 Å². The van der Waals surface area contributed by atoms with Gasteiger partial charge in [-0.3, -0.25) is 4.79 Å². The number of nitrogens with one attached hydrogen (secondary N) is 2. The van der Waals surface area contributed by atoms with E-state index < -0.39 is 23.1 Å². The quantitative estimate of drug-likeness (QED) is 0.841. The molecule has 2 N–H and O–H groups in total. The van der Waals surface area contributed by atoms with Gasteiger partial charge in [-0.1, -0.05) is 17.7 Å². The Bertz CT molecular complexity index is 612. The number of carbonyl (C=O) groups excluding carboxylic acids is 2. The first-order valence-electron chi connectivity index (χ1n) is 7.60. The minimum Gasteiger partial charge on any atom is -0.444 e. The topological polar surface area (TPSA) is 67.4 Å². The Morgan fingerprint density at radius 2 is 1.83 bits per heavy atom. The minimum absolute atomic E-state index is 0.00803. The molecule has 24 heavy (non-hydrogen) atoms. The number of benzene rings is 1. The molecular formula is C17H24ClFN2O3. The van der Waals surface area contributed by atoms with E-state index in [1.54, 1.807) is 40.7 Å². The Balaban J connectivity index is 2.50. The molecular weight excluding hydrogens is 335 g/mol. The zero-order valence-corrected chi connectivity index (χ0v) is 15.4. The van der Waals surface area contributed by atoms with Crippen molar-refractivity contribution < 1.29 is 18.7 Å². The lowest BCUT2D eigenvalue weighted by molar-refractivity contribution is -0.122. The molecule has 134 valence electrons. The molecule has 0 aromatic heterocycles. The zero-order valence-electron chi connectivity index (χ0n) is 14.6. The molecule has 0 aliphatic carbocycles. The van der Waals surface area contributed by atoms with Crippen molar-refractivity contribution in [1.29, 1.82) is 0 Å². The molecule has 1 rings (SSSR count). The van der Waals surface area contributed by atoms with Crippen LogP contribution in [0.3, 0.4) is 0 Å². The van der Waals surface area contributed by atoms with Gasteiger partial charge in [0, 0.05) is 18.5 Å². The third-order valence-corrected chi connectivity index (χ3v) is 3.21. The van der Waals surface area contributed by atoms with E-state index in [4.69, 9.17) is 16.3 Å². The molecule has 1 aromatic rings. The van der Waals surface area contributed by atoms with Crippen LogP contribution in [0, 0.1) is 5.82 Å². The zero-order chi connectivity index (χ0) is 18.5. The number of hydrogen-bond acceptors (Lipinski definition) is 3. The first-order chi connectivity index (χ1) is 10.9. The maximum absolute atomic E-state index is 13.1. The van der Waals surface area contributed by atoms with Crippen molar-refractivity contribution >= 4 is 23.6 Å². The summed E-state index contributed by atoms with van der Waals surface area (Å²) >= 11 is 5.70. The van der Waals surface area contributed by atoms with Crippen LogP contribution in [-0.4, -0.2) is 23.1 Å². The van der Waals surface area contributed by atoms with Crippen LogP contribution in [0.15, 0.2) is 18.2 Å². The highest BCUT2D eigenvalue weighted by molar-refractivity contribution is 6.30. The molecule has 0 aliphatic heterocycles. The van der Waals surface area contributed by atoms with Crippen LogP contribution in [0.25, 0.3) is 0 Å². The highest BCUT2D eigenvalue weighted by atomic mass is 35.5. The fourth-order valence-corrected chi connectivity index (χ4v) is 2.14. The standard InChI is InChI=1S/C17H24ClFN2O3/c1-16(2,3)24-15(23)21-17(4,5)9-14(22)20-10-11-6-7-13(19)12(18)8-11/h6-8H,9-10H2,1-5H3,(H,20,22)(H,21,23). The highest BCUT2D eigenvalue weighted by Crippen LogP contribution is 2.16. The molecule has 5 nitrogen and oxygen atoms in total. The normalized spacial score (nSPS) is 11.8. The summed E-state index contributed by atoms with van der Waals surface area (Å²) in [6, 6.07) is 4.25. The summed E-state index contributed by atoms with van der Waals surface area (Å²) in [6.45, 7) is 8.97. The lowest BCUT2D eigenvalue weighted by atomic mass is 10.0. The lowest BCUT2D eigenvalue weighted by Crippen LogP contribution is -2.48. The SMILES string of the molecule is CC(C)(CC(=O)NCc1ccc(F)c(Cl)c1)NC(=O)OC(C)(C)C. The van der Waals surface area contributed by atoms with Gasteiger partial charge in [0.15, 0.2) is 0 Å². The van der Waals surface area contributed by atoms with Crippen molar-refractivity contribution in [2.75, 3.05) is 0 Å². The predicted molar refractivity (Wildman–Crippen MR) is 91.3 cm³/mol. The van der Waals surface area contributed by atoms with Crippen LogP contribution in [0.2, 0.25) is 5.02 Å². The van der Waals surface area contributed by atoms with E-state index in [1.165, 1.54) is 12.1 Å². The molecule has 2 amide bonds. The summed E-state index contributed by atoms with van der Waals surface area (Å²) in [4.78, 5) is 23.8. The van der Waals surface area contributed by atoms with Crippen molar-refractivity contribution in [1.82, 2.24) is 10.6 Å². The number of hydrogen-bond donors (Lipinski definition) is 2. The van der Waals surface area contributed by atoms with Gasteiger partial charge < -0.3 is 15.4 Å². The van der Waals surface area contributed by atoms with Crippen LogP contribution >= 0.6 is 11.6 Å². The molecule has 0 saturated heterocycles. The lowest BCUT2D eigenvalue weighted by Gasteiger charge is -2.28. The van der Waals surface area contributed by atoms with Crippen LogP contribution < -0.4 is 10.6 Å². The number of rotatable bonds is 5. The summed E-state index contributed by atoms with van der Waals surface area (Å²) in [7, 11) is 0. The molecule has 7 heteroatoms. The predicted octanol–water partition coefficient (Wildman–Crippen LogP) is 3.79. The Morgan fingerprint density at radius 3 is 2.38 bits per heavy atom. The summed E-state index contributed by atoms with van der Waals surface area (Å²) in [5.74, 6) is -0.758. The maximum atomic E-state index is 13.1. The Morgan fingerprint density at radius 1 is 1.21 bits per heavy atom. The van der Waals surface area contributed by atoms with Gasteiger partial charge in [0.05, 0.1) is 5.02 Å². The van der Waals surface area contributed by atoms with E-state index in [1.807, 2.05) is 0 Å². The van der Waals surface area contributed by atoms with Crippen molar-refractivity contribution in [3.63, 3.8) is 0 Å². The molecule has 0 saturated carbocycles. The van der Waals surface area contributed by atoms with Crippen LogP contribution in [0.1, 0.15) is 46.6 Å². The first kappa shape index (κ1) is 20.2. The van der Waals surface area contributed by atoms with Crippen LogP contribution in [0.5, 0.6) is 0 Å². The molecule has 0 unspecified atom stereocenters. The maximum Gasteiger partial charge on any atom is 0.408 e. The van der Waals surface area contributed by atoms with Crippen molar-refractivity contribution in [3.05, 3.63) is 34.6 Å². The summed E-state index contributed by atoms with van der Waals surface area (Å²) in [5.41, 5.74) is -0.690. The van der Waals surface area contributed by atoms with Gasteiger partial charge in [0.25, 0.3) is 0 Å². The largest absolute Gasteiger partial charge is 0.444 e. The van der Waals surface area contributed by atoms with E-state index in [9.17, 15) is 14.0 Å². The molecule has 0 fully saturated rings. The number of ether oxygens (including phenoxy) is 1. The van der Waals surface area contributed by atoms with Gasteiger partial charge >= 0.3 is 6.09 Å². The monoisotopic (exact) mass is 358 g/mol. The molecule has 0 heterocycles. The van der Waals surface area contributed by atoms with E-state index in [-0.39, 0.29) is 23.9 Å². The van der Waals surface area contributed by atoms with Gasteiger partial charge in [-0.05, 0) is 52.3 Å². The average molecular weight is 359 g/mol. The van der Waals surface area contributed by atoms with Gasteiger partial charge in [0.1, 0.15) is 11.4 Å². The first-order valence-corrected chi connectivity index (χ1v) is 7.97. The van der Waals surface area contributed by atoms with Crippen molar-refractivity contribution in [3.8, 4) is 0 Å². The van der Waals surface area contributed by atoms with Gasteiger partial charge in [-0.15, -0.1) is 0 Å². The fraction of sp³-hybridized carbons (Fsp3) is 0.529. The highest BCUT2D eigenvalue weighted by Gasteiger charge is 2.26. The molecule has 0 atom stereocenters. The second kappa shape index (κ2) is 7.83. The third kappa shape index (κ3) is 7.64. The second-order valence-corrected chi connectivity index (χ2v) is 7.62. The van der Waals surface area contributed by atoms with Crippen LogP contribution in [0.4, 0.5) is 9.18 Å². The van der Waals surface area contributed by atoms with E-state index in [0.29, 0.717) is 5.56 Å². The molecule has 0 aliphatic rings. The van der Waals surface area contributed by atoms with Crippen molar-refractivity contribution in [2.45, 2.75) is 58.7 Å². The Hall–Kier alpha value is -1.82. The van der Waals surface area contributed by atoms with Gasteiger partial charge in [0.2, 0.25) is 5.91 Å². The number of halogens is 2. The number of amides is 2. The Kier molecular flexibility index (Phi) is 6.60. The molecule has 1 aromatic carbocycles. The smallest absolute Gasteiger partial charge is 0.408 e.